The highest BCUT2D eigenvalue weighted by atomic mass is 35.5. The SMILES string of the molecule is Cc1cc(C)c(C)c(OCCOc2ccc(Cl)cc2CCC(=O)O)c1. The molecule has 0 aromatic heterocycles. The maximum Gasteiger partial charge on any atom is 0.303 e. The minimum atomic E-state index is -0.848. The molecule has 5 heteroatoms. The molecule has 4 nitrogen and oxygen atoms in total. The number of rotatable bonds is 8. The molecule has 0 saturated heterocycles. The summed E-state index contributed by atoms with van der Waals surface area (Å²) in [5.41, 5.74) is 4.27. The fraction of sp³-hybridized carbons (Fsp3) is 0.350. The standard InChI is InChI=1S/C20H23ClO4/c1-13-10-14(2)15(3)19(11-13)25-9-8-24-18-6-5-17(21)12-16(18)4-7-20(22)23/h5-6,10-12H,4,7-9H2,1-3H3,(H,22,23). The maximum absolute atomic E-state index is 10.8. The van der Waals surface area contributed by atoms with Crippen molar-refractivity contribution in [3.8, 4) is 11.5 Å². The third-order valence-corrected chi connectivity index (χ3v) is 4.23. The van der Waals surface area contributed by atoms with Crippen molar-refractivity contribution in [3.63, 3.8) is 0 Å². The molecule has 0 aliphatic heterocycles. The predicted molar refractivity (Wildman–Crippen MR) is 99.1 cm³/mol. The van der Waals surface area contributed by atoms with Gasteiger partial charge in [0.2, 0.25) is 0 Å². The molecule has 0 spiro atoms. The number of carboxylic acids is 1. The van der Waals surface area contributed by atoms with Gasteiger partial charge in [-0.25, -0.2) is 0 Å². The molecule has 2 aromatic rings. The lowest BCUT2D eigenvalue weighted by molar-refractivity contribution is -0.136. The van der Waals surface area contributed by atoms with Crippen LogP contribution in [0.25, 0.3) is 0 Å². The van der Waals surface area contributed by atoms with Crippen LogP contribution >= 0.6 is 11.6 Å². The summed E-state index contributed by atoms with van der Waals surface area (Å²) in [5.74, 6) is 0.661. The first-order valence-corrected chi connectivity index (χ1v) is 8.58. The van der Waals surface area contributed by atoms with Crippen molar-refractivity contribution in [2.24, 2.45) is 0 Å². The van der Waals surface area contributed by atoms with Crippen LogP contribution in [0.15, 0.2) is 30.3 Å². The van der Waals surface area contributed by atoms with E-state index in [9.17, 15) is 4.79 Å². The van der Waals surface area contributed by atoms with Crippen molar-refractivity contribution < 1.29 is 19.4 Å². The summed E-state index contributed by atoms with van der Waals surface area (Å²) in [4.78, 5) is 10.8. The Morgan fingerprint density at radius 2 is 1.72 bits per heavy atom. The molecule has 0 bridgehead atoms. The minimum absolute atomic E-state index is 0.0367. The highest BCUT2D eigenvalue weighted by Gasteiger charge is 2.08. The first-order chi connectivity index (χ1) is 11.9. The molecule has 0 unspecified atom stereocenters. The van der Waals surface area contributed by atoms with Gasteiger partial charge in [0.1, 0.15) is 24.7 Å². The van der Waals surface area contributed by atoms with Gasteiger partial charge in [0.05, 0.1) is 0 Å². The smallest absolute Gasteiger partial charge is 0.303 e. The van der Waals surface area contributed by atoms with Crippen LogP contribution in [-0.2, 0) is 11.2 Å². The van der Waals surface area contributed by atoms with E-state index in [1.54, 1.807) is 18.2 Å². The highest BCUT2D eigenvalue weighted by molar-refractivity contribution is 6.30. The Morgan fingerprint density at radius 1 is 1.04 bits per heavy atom. The van der Waals surface area contributed by atoms with E-state index in [2.05, 4.69) is 13.0 Å². The van der Waals surface area contributed by atoms with Gasteiger partial charge in [-0.1, -0.05) is 17.7 Å². The topological polar surface area (TPSA) is 55.8 Å². The van der Waals surface area contributed by atoms with E-state index in [4.69, 9.17) is 26.2 Å². The van der Waals surface area contributed by atoms with E-state index >= 15 is 0 Å². The van der Waals surface area contributed by atoms with Crippen molar-refractivity contribution >= 4 is 17.6 Å². The molecule has 2 rings (SSSR count). The fourth-order valence-electron chi connectivity index (χ4n) is 2.58. The summed E-state index contributed by atoms with van der Waals surface area (Å²) in [5, 5.41) is 9.42. The van der Waals surface area contributed by atoms with E-state index in [0.29, 0.717) is 30.4 Å². The lowest BCUT2D eigenvalue weighted by Gasteiger charge is -2.14. The molecule has 0 fully saturated rings. The van der Waals surface area contributed by atoms with Crippen LogP contribution in [0.4, 0.5) is 0 Å². The van der Waals surface area contributed by atoms with Gasteiger partial charge in [-0.2, -0.15) is 0 Å². The second-order valence-electron chi connectivity index (χ2n) is 6.05. The van der Waals surface area contributed by atoms with Crippen LogP contribution in [0, 0.1) is 20.8 Å². The van der Waals surface area contributed by atoms with Crippen LogP contribution in [0.3, 0.4) is 0 Å². The van der Waals surface area contributed by atoms with Crippen LogP contribution in [-0.4, -0.2) is 24.3 Å². The Kier molecular flexibility index (Phi) is 6.71. The number of hydrogen-bond donors (Lipinski definition) is 1. The summed E-state index contributed by atoms with van der Waals surface area (Å²) in [6.45, 7) is 6.92. The Morgan fingerprint density at radius 3 is 2.40 bits per heavy atom. The number of halogens is 1. The monoisotopic (exact) mass is 362 g/mol. The zero-order chi connectivity index (χ0) is 18.4. The number of benzene rings is 2. The van der Waals surface area contributed by atoms with Gasteiger partial charge < -0.3 is 14.6 Å². The van der Waals surface area contributed by atoms with Gasteiger partial charge in [-0.05, 0) is 73.7 Å². The molecule has 0 aliphatic rings. The van der Waals surface area contributed by atoms with Crippen LogP contribution in [0.1, 0.15) is 28.7 Å². The molecule has 0 atom stereocenters. The van der Waals surface area contributed by atoms with Crippen molar-refractivity contribution in [2.75, 3.05) is 13.2 Å². The number of ether oxygens (including phenoxy) is 2. The van der Waals surface area contributed by atoms with E-state index in [1.165, 1.54) is 5.56 Å². The summed E-state index contributed by atoms with van der Waals surface area (Å²) in [6, 6.07) is 9.39. The first-order valence-electron chi connectivity index (χ1n) is 8.20. The molecule has 25 heavy (non-hydrogen) atoms. The number of hydrogen-bond acceptors (Lipinski definition) is 3. The lowest BCUT2D eigenvalue weighted by atomic mass is 10.1. The van der Waals surface area contributed by atoms with Gasteiger partial charge >= 0.3 is 5.97 Å². The quantitative estimate of drug-likeness (QED) is 0.689. The van der Waals surface area contributed by atoms with Crippen LogP contribution in [0.2, 0.25) is 5.02 Å². The van der Waals surface area contributed by atoms with Gasteiger partial charge in [0.25, 0.3) is 0 Å². The van der Waals surface area contributed by atoms with E-state index in [0.717, 1.165) is 22.4 Å². The molecule has 134 valence electrons. The Bertz CT molecular complexity index is 756. The molecular formula is C20H23ClO4. The summed E-state index contributed by atoms with van der Waals surface area (Å²) in [7, 11) is 0. The maximum atomic E-state index is 10.8. The van der Waals surface area contributed by atoms with Gasteiger partial charge in [0, 0.05) is 11.4 Å². The summed E-state index contributed by atoms with van der Waals surface area (Å²) < 4.78 is 11.6. The number of aliphatic carboxylic acids is 1. The zero-order valence-electron chi connectivity index (χ0n) is 14.8. The fourth-order valence-corrected chi connectivity index (χ4v) is 2.77. The van der Waals surface area contributed by atoms with Gasteiger partial charge in [-0.15, -0.1) is 0 Å². The zero-order valence-corrected chi connectivity index (χ0v) is 15.5. The molecule has 0 amide bonds. The summed E-state index contributed by atoms with van der Waals surface area (Å²) in [6.07, 6.45) is 0.414. The average Bonchev–Trinajstić information content (AvgIpc) is 2.55. The van der Waals surface area contributed by atoms with E-state index < -0.39 is 5.97 Å². The Hall–Kier alpha value is -2.20. The van der Waals surface area contributed by atoms with Crippen molar-refractivity contribution in [1.29, 1.82) is 0 Å². The molecule has 0 radical (unpaired) electrons. The van der Waals surface area contributed by atoms with Crippen LogP contribution < -0.4 is 9.47 Å². The van der Waals surface area contributed by atoms with Crippen LogP contribution in [0.5, 0.6) is 11.5 Å². The Balaban J connectivity index is 1.95. The number of carbonyl (C=O) groups is 1. The second kappa shape index (κ2) is 8.77. The van der Waals surface area contributed by atoms with Crippen molar-refractivity contribution in [2.45, 2.75) is 33.6 Å². The second-order valence-corrected chi connectivity index (χ2v) is 6.48. The number of carboxylic acid groups (broad SMARTS) is 1. The molecule has 0 aliphatic carbocycles. The molecule has 2 aromatic carbocycles. The molecular weight excluding hydrogens is 340 g/mol. The minimum Gasteiger partial charge on any atom is -0.490 e. The van der Waals surface area contributed by atoms with Gasteiger partial charge in [0.15, 0.2) is 0 Å². The van der Waals surface area contributed by atoms with Gasteiger partial charge in [-0.3, -0.25) is 4.79 Å². The predicted octanol–water partition coefficient (Wildman–Crippen LogP) is 4.74. The van der Waals surface area contributed by atoms with Crippen molar-refractivity contribution in [3.05, 3.63) is 57.6 Å². The largest absolute Gasteiger partial charge is 0.490 e. The lowest BCUT2D eigenvalue weighted by Crippen LogP contribution is -2.11. The third kappa shape index (κ3) is 5.68. The van der Waals surface area contributed by atoms with E-state index in [-0.39, 0.29) is 6.42 Å². The Labute approximate surface area is 153 Å². The molecule has 0 saturated carbocycles. The average molecular weight is 363 g/mol. The molecule has 0 heterocycles. The van der Waals surface area contributed by atoms with Crippen molar-refractivity contribution in [1.82, 2.24) is 0 Å². The van der Waals surface area contributed by atoms with E-state index in [1.807, 2.05) is 19.9 Å². The first kappa shape index (κ1) is 19.1. The third-order valence-electron chi connectivity index (χ3n) is 3.99. The molecule has 1 N–H and O–H groups in total. The number of aryl methyl sites for hydroxylation is 3. The summed E-state index contributed by atoms with van der Waals surface area (Å²) >= 11 is 5.99. The highest BCUT2D eigenvalue weighted by Crippen LogP contribution is 2.25. The normalized spacial score (nSPS) is 10.6.